The van der Waals surface area contributed by atoms with Crippen LogP contribution in [-0.2, 0) is 5.41 Å². The highest BCUT2D eigenvalue weighted by Gasteiger charge is 2.52. The van der Waals surface area contributed by atoms with E-state index in [9.17, 15) is 0 Å². The second-order valence-corrected chi connectivity index (χ2v) is 17.5. The minimum Gasteiger partial charge on any atom is -0.310 e. The number of hydrogen-bond donors (Lipinski definition) is 0. The van der Waals surface area contributed by atoms with E-state index in [4.69, 9.17) is 0 Å². The fourth-order valence-corrected chi connectivity index (χ4v) is 11.8. The van der Waals surface area contributed by atoms with Gasteiger partial charge in [-0.15, -0.1) is 11.3 Å². The van der Waals surface area contributed by atoms with E-state index in [-0.39, 0.29) is 0 Å². The summed E-state index contributed by atoms with van der Waals surface area (Å²) in [6, 6.07) is 83.4. The van der Waals surface area contributed by atoms with Crippen molar-refractivity contribution >= 4 is 59.3 Å². The number of benzene rings is 10. The van der Waals surface area contributed by atoms with Gasteiger partial charge in [0.25, 0.3) is 0 Å². The lowest BCUT2D eigenvalue weighted by atomic mass is 9.70. The summed E-state index contributed by atoms with van der Waals surface area (Å²) >= 11 is 1.86. The molecule has 1 nitrogen and oxygen atoms in total. The minimum atomic E-state index is -0.411. The molecule has 13 rings (SSSR count). The fourth-order valence-electron chi connectivity index (χ4n) is 10.6. The average molecular weight is 792 g/mol. The highest BCUT2D eigenvalue weighted by molar-refractivity contribution is 7.25. The van der Waals surface area contributed by atoms with Crippen LogP contribution in [0.1, 0.15) is 22.3 Å². The summed E-state index contributed by atoms with van der Waals surface area (Å²) in [6.07, 6.45) is 0. The quantitative estimate of drug-likeness (QED) is 0.168. The molecule has 0 N–H and O–H groups in total. The number of hydrogen-bond acceptors (Lipinski definition) is 2. The van der Waals surface area contributed by atoms with Crippen molar-refractivity contribution in [3.05, 3.63) is 247 Å². The van der Waals surface area contributed by atoms with E-state index >= 15 is 0 Å². The molecule has 2 aliphatic carbocycles. The van der Waals surface area contributed by atoms with Crippen LogP contribution in [0.25, 0.3) is 75.5 Å². The van der Waals surface area contributed by atoms with Crippen LogP contribution in [-0.4, -0.2) is 0 Å². The molecular formula is C59H37NS. The molecule has 1 spiro atoms. The number of thiophene rings is 1. The number of anilines is 3. The van der Waals surface area contributed by atoms with Gasteiger partial charge in [-0.1, -0.05) is 176 Å². The summed E-state index contributed by atoms with van der Waals surface area (Å²) in [7, 11) is 0. The van der Waals surface area contributed by atoms with E-state index in [0.29, 0.717) is 0 Å². The van der Waals surface area contributed by atoms with Crippen LogP contribution in [0.4, 0.5) is 17.1 Å². The van der Waals surface area contributed by atoms with Crippen LogP contribution in [0.2, 0.25) is 0 Å². The van der Waals surface area contributed by atoms with Crippen LogP contribution in [0.15, 0.2) is 224 Å². The number of nitrogens with zero attached hydrogens (tertiary/aromatic N) is 1. The van der Waals surface area contributed by atoms with Crippen molar-refractivity contribution in [3.8, 4) is 44.5 Å². The Morgan fingerprint density at radius 1 is 0.311 bits per heavy atom. The third-order valence-electron chi connectivity index (χ3n) is 13.3. The molecule has 284 valence electrons. The Kier molecular flexibility index (Phi) is 7.46. The van der Waals surface area contributed by atoms with Crippen LogP contribution < -0.4 is 4.90 Å². The molecule has 0 aliphatic heterocycles. The van der Waals surface area contributed by atoms with Crippen molar-refractivity contribution in [3.63, 3.8) is 0 Å². The molecule has 1 heterocycles. The van der Waals surface area contributed by atoms with Crippen molar-refractivity contribution in [1.82, 2.24) is 0 Å². The normalized spacial score (nSPS) is 13.0. The van der Waals surface area contributed by atoms with Gasteiger partial charge in [-0.05, 0) is 126 Å². The largest absolute Gasteiger partial charge is 0.310 e. The van der Waals surface area contributed by atoms with Crippen molar-refractivity contribution in [2.45, 2.75) is 5.41 Å². The summed E-state index contributed by atoms with van der Waals surface area (Å²) in [4.78, 5) is 2.40. The first-order valence-corrected chi connectivity index (χ1v) is 21.9. The molecule has 0 atom stereocenters. The Morgan fingerprint density at radius 2 is 0.869 bits per heavy atom. The van der Waals surface area contributed by atoms with Gasteiger partial charge >= 0.3 is 0 Å². The van der Waals surface area contributed by atoms with E-state index in [0.717, 1.165) is 17.1 Å². The second kappa shape index (κ2) is 13.2. The maximum absolute atomic E-state index is 2.49. The maximum Gasteiger partial charge on any atom is 0.0725 e. The smallest absolute Gasteiger partial charge is 0.0725 e. The lowest BCUT2D eigenvalue weighted by molar-refractivity contribution is 0.795. The Bertz CT molecular complexity index is 3480. The Hall–Kier alpha value is -7.52. The highest BCUT2D eigenvalue weighted by Crippen LogP contribution is 2.64. The maximum atomic E-state index is 2.49. The molecule has 0 radical (unpaired) electrons. The molecule has 2 aliphatic rings. The van der Waals surface area contributed by atoms with Gasteiger partial charge in [0, 0.05) is 37.2 Å². The van der Waals surface area contributed by atoms with Gasteiger partial charge in [0.1, 0.15) is 0 Å². The molecule has 0 amide bonds. The van der Waals surface area contributed by atoms with Gasteiger partial charge < -0.3 is 4.90 Å². The van der Waals surface area contributed by atoms with Gasteiger partial charge in [0.2, 0.25) is 0 Å². The molecule has 1 aromatic heterocycles. The molecular weight excluding hydrogens is 755 g/mol. The van der Waals surface area contributed by atoms with Gasteiger partial charge in [0.15, 0.2) is 0 Å². The Balaban J connectivity index is 0.961. The van der Waals surface area contributed by atoms with Crippen LogP contribution in [0.5, 0.6) is 0 Å². The highest BCUT2D eigenvalue weighted by atomic mass is 32.1. The first-order valence-electron chi connectivity index (χ1n) is 21.1. The SMILES string of the molecule is c1ccc(-c2ccc(N(c3ccc(-c4ccc5c(c4)C4(c6ccccc6-c6ccccc64)c4ccc6ccccc6c4-5)cc3)c3ccc4c(c3)sc3ccccc34)cc2)cc1. The predicted molar refractivity (Wildman–Crippen MR) is 259 cm³/mol. The third kappa shape index (κ3) is 5.00. The average Bonchev–Trinajstić information content (AvgIpc) is 3.96. The molecule has 2 heteroatoms. The van der Waals surface area contributed by atoms with Crippen molar-refractivity contribution in [2.75, 3.05) is 4.90 Å². The fraction of sp³-hybridized carbons (Fsp3) is 0.0169. The zero-order chi connectivity index (χ0) is 40.1. The number of fused-ring (bicyclic) bond motifs is 15. The van der Waals surface area contributed by atoms with Crippen molar-refractivity contribution in [2.24, 2.45) is 0 Å². The summed E-state index contributed by atoms with van der Waals surface area (Å²) in [5.41, 5.74) is 18.6. The summed E-state index contributed by atoms with van der Waals surface area (Å²) in [6.45, 7) is 0. The molecule has 0 fully saturated rings. The zero-order valence-electron chi connectivity index (χ0n) is 33.2. The topological polar surface area (TPSA) is 3.24 Å². The van der Waals surface area contributed by atoms with E-state index in [2.05, 4.69) is 229 Å². The lowest BCUT2D eigenvalue weighted by Crippen LogP contribution is -2.25. The van der Waals surface area contributed by atoms with Crippen molar-refractivity contribution in [1.29, 1.82) is 0 Å². The summed E-state index contributed by atoms with van der Waals surface area (Å²) in [5, 5.41) is 5.20. The van der Waals surface area contributed by atoms with E-state index in [1.165, 1.54) is 97.7 Å². The first-order chi connectivity index (χ1) is 30.2. The van der Waals surface area contributed by atoms with Crippen molar-refractivity contribution < 1.29 is 0 Å². The molecule has 11 aromatic rings. The predicted octanol–water partition coefficient (Wildman–Crippen LogP) is 16.4. The summed E-state index contributed by atoms with van der Waals surface area (Å²) in [5.74, 6) is 0. The Labute approximate surface area is 359 Å². The molecule has 0 unspecified atom stereocenters. The van der Waals surface area contributed by atoms with E-state index < -0.39 is 5.41 Å². The Morgan fingerprint density at radius 3 is 1.61 bits per heavy atom. The van der Waals surface area contributed by atoms with Crippen LogP contribution in [0, 0.1) is 0 Å². The van der Waals surface area contributed by atoms with E-state index in [1.54, 1.807) is 0 Å². The van der Waals surface area contributed by atoms with E-state index in [1.807, 2.05) is 11.3 Å². The van der Waals surface area contributed by atoms with Gasteiger partial charge in [0.05, 0.1) is 5.41 Å². The van der Waals surface area contributed by atoms with Gasteiger partial charge in [-0.25, -0.2) is 0 Å². The number of rotatable bonds is 5. The molecule has 0 bridgehead atoms. The standard InChI is InChI=1S/C59H37NS/c1-2-12-38(13-3-1)39-22-28-43(29-23-39)60(45-32-34-50-49-18-8-11-21-56(49)61-57(50)37-45)44-30-24-40(25-31-44)42-26-33-51-55(36-42)59(54-35-27-41-14-4-5-15-46(41)58(51)54)52-19-9-6-16-47(52)48-17-7-10-20-53(48)59/h1-37H. The van der Waals surface area contributed by atoms with Crippen LogP contribution >= 0.6 is 11.3 Å². The first kappa shape index (κ1) is 34.4. The monoisotopic (exact) mass is 791 g/mol. The third-order valence-corrected chi connectivity index (χ3v) is 14.4. The van der Waals surface area contributed by atoms with Crippen LogP contribution in [0.3, 0.4) is 0 Å². The molecule has 0 saturated heterocycles. The second-order valence-electron chi connectivity index (χ2n) is 16.4. The molecule has 10 aromatic carbocycles. The molecule has 0 saturated carbocycles. The zero-order valence-corrected chi connectivity index (χ0v) is 34.0. The minimum absolute atomic E-state index is 0.411. The lowest BCUT2D eigenvalue weighted by Gasteiger charge is -2.31. The molecule has 61 heavy (non-hydrogen) atoms. The van der Waals surface area contributed by atoms with Gasteiger partial charge in [-0.3, -0.25) is 0 Å². The summed E-state index contributed by atoms with van der Waals surface area (Å²) < 4.78 is 2.60. The van der Waals surface area contributed by atoms with Gasteiger partial charge in [-0.2, -0.15) is 0 Å².